The third-order valence-corrected chi connectivity index (χ3v) is 17.4. The van der Waals surface area contributed by atoms with E-state index in [1.807, 2.05) is 0 Å². The second-order valence-electron chi connectivity index (χ2n) is 20.6. The van der Waals surface area contributed by atoms with Gasteiger partial charge < -0.3 is 9.47 Å². The Morgan fingerprint density at radius 1 is 0.270 bits per heavy atom. The van der Waals surface area contributed by atoms with Crippen molar-refractivity contribution in [3.8, 4) is 50.2 Å². The van der Waals surface area contributed by atoms with Gasteiger partial charge in [-0.25, -0.2) is 0 Å². The molecule has 2 nitrogen and oxygen atoms in total. The molecule has 1 aliphatic heterocycles. The Balaban J connectivity index is 0.940. The van der Waals surface area contributed by atoms with Crippen molar-refractivity contribution >= 4 is 49.6 Å². The van der Waals surface area contributed by atoms with E-state index >= 15 is 0 Å². The quantitative estimate of drug-likeness (QED) is 0.171. The maximum absolute atomic E-state index is 2.54. The highest BCUT2D eigenvalue weighted by Crippen LogP contribution is 2.65. The molecule has 0 fully saturated rings. The highest BCUT2D eigenvalue weighted by Gasteiger charge is 2.53. The number of para-hydroxylation sites is 3. The smallest absolute Gasteiger partial charge is 0.0755 e. The van der Waals surface area contributed by atoms with Gasteiger partial charge in [0.1, 0.15) is 0 Å². The standard InChI is InChI=1S/C72H44N2/c1-2-19-50-45(17-1)18-15-25-51(50)46-35-37-47(38-36-46)73(48-39-41-56-54-22-5-10-29-62(54)71(66(56)43-48)60-27-8-3-20-52(60)53-21-4-9-28-61(53)71)49-40-42-57-55-23-6-11-30-63(55)72(67(57)44-49)64-31-12-14-34-69(64)74-68-33-13-7-24-58(68)59-26-16-32-65(72)70(59)74/h1-44H. The zero-order chi connectivity index (χ0) is 48.3. The number of rotatable bonds is 4. The van der Waals surface area contributed by atoms with Crippen molar-refractivity contribution < 1.29 is 0 Å². The van der Waals surface area contributed by atoms with Gasteiger partial charge in [0.15, 0.2) is 0 Å². The molecule has 4 aliphatic rings. The normalized spacial score (nSPS) is 15.5. The predicted octanol–water partition coefficient (Wildman–Crippen LogP) is 18.1. The van der Waals surface area contributed by atoms with E-state index in [-0.39, 0.29) is 0 Å². The molecule has 1 unspecified atom stereocenters. The Kier molecular flexibility index (Phi) is 7.90. The van der Waals surface area contributed by atoms with Crippen LogP contribution in [0.4, 0.5) is 17.1 Å². The molecule has 0 saturated carbocycles. The van der Waals surface area contributed by atoms with E-state index in [1.54, 1.807) is 0 Å². The molecule has 2 heterocycles. The minimum Gasteiger partial charge on any atom is -0.310 e. The second-order valence-corrected chi connectivity index (χ2v) is 20.6. The van der Waals surface area contributed by atoms with E-state index in [2.05, 4.69) is 276 Å². The summed E-state index contributed by atoms with van der Waals surface area (Å²) in [6.07, 6.45) is 0. The van der Waals surface area contributed by atoms with E-state index in [0.29, 0.717) is 0 Å². The van der Waals surface area contributed by atoms with Crippen molar-refractivity contribution in [1.29, 1.82) is 0 Å². The van der Waals surface area contributed by atoms with Crippen LogP contribution in [0.3, 0.4) is 0 Å². The van der Waals surface area contributed by atoms with Gasteiger partial charge in [0.25, 0.3) is 0 Å². The highest BCUT2D eigenvalue weighted by molar-refractivity contribution is 6.13. The zero-order valence-electron chi connectivity index (χ0n) is 40.3. The zero-order valence-corrected chi connectivity index (χ0v) is 40.3. The predicted molar refractivity (Wildman–Crippen MR) is 306 cm³/mol. The largest absolute Gasteiger partial charge is 0.310 e. The van der Waals surface area contributed by atoms with Crippen LogP contribution in [0.15, 0.2) is 267 Å². The molecule has 0 N–H and O–H groups in total. The van der Waals surface area contributed by atoms with Crippen LogP contribution in [0, 0.1) is 0 Å². The third-order valence-electron chi connectivity index (χ3n) is 17.4. The lowest BCUT2D eigenvalue weighted by Gasteiger charge is -2.40. The van der Waals surface area contributed by atoms with Crippen molar-refractivity contribution in [2.75, 3.05) is 4.90 Å². The van der Waals surface area contributed by atoms with Gasteiger partial charge in [-0.2, -0.15) is 0 Å². The van der Waals surface area contributed by atoms with Crippen LogP contribution in [-0.4, -0.2) is 4.57 Å². The summed E-state index contributed by atoms with van der Waals surface area (Å²) < 4.78 is 2.53. The summed E-state index contributed by atoms with van der Waals surface area (Å²) in [5.41, 5.74) is 26.8. The molecular formula is C72H44N2. The molecule has 1 atom stereocenters. The molecule has 0 radical (unpaired) electrons. The first kappa shape index (κ1) is 40.1. The van der Waals surface area contributed by atoms with Gasteiger partial charge in [-0.3, -0.25) is 0 Å². The number of aromatic nitrogens is 1. The number of nitrogens with zero attached hydrogens (tertiary/aromatic N) is 2. The van der Waals surface area contributed by atoms with Crippen molar-refractivity contribution in [3.63, 3.8) is 0 Å². The van der Waals surface area contributed by atoms with Crippen LogP contribution in [0.25, 0.3) is 82.8 Å². The monoisotopic (exact) mass is 936 g/mol. The second kappa shape index (κ2) is 14.6. The van der Waals surface area contributed by atoms with Gasteiger partial charge in [0.05, 0.1) is 27.6 Å². The minimum absolute atomic E-state index is 0.481. The van der Waals surface area contributed by atoms with E-state index in [0.717, 1.165) is 17.1 Å². The molecule has 17 rings (SSSR count). The molecule has 3 aliphatic carbocycles. The van der Waals surface area contributed by atoms with Gasteiger partial charge in [0.2, 0.25) is 0 Å². The Morgan fingerprint density at radius 3 is 1.31 bits per heavy atom. The van der Waals surface area contributed by atoms with Crippen molar-refractivity contribution in [2.24, 2.45) is 0 Å². The summed E-state index contributed by atoms with van der Waals surface area (Å²) >= 11 is 0. The van der Waals surface area contributed by atoms with Gasteiger partial charge in [-0.15, -0.1) is 0 Å². The fourth-order valence-electron chi connectivity index (χ4n) is 14.6. The molecular weight excluding hydrogens is 893 g/mol. The van der Waals surface area contributed by atoms with Gasteiger partial charge in [0, 0.05) is 27.8 Å². The van der Waals surface area contributed by atoms with Crippen LogP contribution in [0.1, 0.15) is 44.5 Å². The fraction of sp³-hybridized carbons (Fsp3) is 0.0278. The summed E-state index contributed by atoms with van der Waals surface area (Å²) in [5.74, 6) is 0. The van der Waals surface area contributed by atoms with Gasteiger partial charge in [-0.05, 0) is 148 Å². The van der Waals surface area contributed by atoms with Crippen molar-refractivity contribution in [3.05, 3.63) is 311 Å². The maximum atomic E-state index is 2.54. The van der Waals surface area contributed by atoms with E-state index in [4.69, 9.17) is 0 Å². The molecule has 2 heteroatoms. The highest BCUT2D eigenvalue weighted by atomic mass is 15.1. The lowest BCUT2D eigenvalue weighted by atomic mass is 9.65. The van der Waals surface area contributed by atoms with Crippen LogP contribution in [-0.2, 0) is 10.8 Å². The Morgan fingerprint density at radius 2 is 0.689 bits per heavy atom. The van der Waals surface area contributed by atoms with E-state index in [1.165, 1.54) is 127 Å². The fourth-order valence-corrected chi connectivity index (χ4v) is 14.6. The molecule has 2 spiro atoms. The van der Waals surface area contributed by atoms with E-state index in [9.17, 15) is 0 Å². The van der Waals surface area contributed by atoms with Gasteiger partial charge >= 0.3 is 0 Å². The van der Waals surface area contributed by atoms with Crippen LogP contribution < -0.4 is 4.90 Å². The molecule has 12 aromatic carbocycles. The molecule has 0 saturated heterocycles. The summed E-state index contributed by atoms with van der Waals surface area (Å²) in [6.45, 7) is 0. The number of benzene rings is 12. The van der Waals surface area contributed by atoms with Crippen LogP contribution in [0.5, 0.6) is 0 Å². The van der Waals surface area contributed by atoms with E-state index < -0.39 is 10.8 Å². The molecule has 0 amide bonds. The summed E-state index contributed by atoms with van der Waals surface area (Å²) in [5, 5.41) is 5.06. The first-order valence-electron chi connectivity index (χ1n) is 25.9. The maximum Gasteiger partial charge on any atom is 0.0755 e. The lowest BCUT2D eigenvalue weighted by molar-refractivity contribution is 0.748. The SMILES string of the molecule is c1ccc2c(c1)-c1ccccc1C21c2ccccc2-c2ccc(N(c3ccc(-c4cccc5ccccc45)cc3)c3ccc4c(c3)C3(c5ccccc5-4)c4ccccc4-n4c5ccccc5c5cccc3c54)cc21. The average molecular weight is 937 g/mol. The molecule has 13 aromatic rings. The number of anilines is 3. The molecule has 1 aromatic heterocycles. The topological polar surface area (TPSA) is 8.17 Å². The molecule has 0 bridgehead atoms. The van der Waals surface area contributed by atoms with Crippen LogP contribution >= 0.6 is 0 Å². The van der Waals surface area contributed by atoms with Crippen molar-refractivity contribution in [2.45, 2.75) is 10.8 Å². The average Bonchev–Trinajstić information content (AvgIpc) is 4.30. The van der Waals surface area contributed by atoms with Crippen molar-refractivity contribution in [1.82, 2.24) is 4.57 Å². The minimum atomic E-state index is -0.590. The Bertz CT molecular complexity index is 4500. The number of hydrogen-bond acceptors (Lipinski definition) is 1. The summed E-state index contributed by atoms with van der Waals surface area (Å²) in [6, 6.07) is 101. The number of hydrogen-bond donors (Lipinski definition) is 0. The van der Waals surface area contributed by atoms with Crippen LogP contribution in [0.2, 0.25) is 0 Å². The molecule has 342 valence electrons. The Labute approximate surface area is 429 Å². The Hall–Kier alpha value is -9.50. The summed E-state index contributed by atoms with van der Waals surface area (Å²) in [7, 11) is 0. The molecule has 74 heavy (non-hydrogen) atoms. The number of fused-ring (bicyclic) bond motifs is 23. The lowest BCUT2D eigenvalue weighted by Crippen LogP contribution is -2.33. The first-order valence-corrected chi connectivity index (χ1v) is 25.9. The summed E-state index contributed by atoms with van der Waals surface area (Å²) in [4.78, 5) is 2.53. The first-order chi connectivity index (χ1) is 36.7. The third kappa shape index (κ3) is 4.91. The van der Waals surface area contributed by atoms with Gasteiger partial charge in [-0.1, -0.05) is 218 Å².